The lowest BCUT2D eigenvalue weighted by atomic mass is 10.1. The lowest BCUT2D eigenvalue weighted by molar-refractivity contribution is -0.133. The molecule has 3 rings (SSSR count). The maximum absolute atomic E-state index is 12.1. The molecule has 2 aliphatic heterocycles. The standard InChI is InChI=1S/C14H16N4O2/c1-17-12-11(13(19)18(2)14(17)20)15-10(16-12)8-9-6-4-3-5-7-9/h3-7,11-12H,8H2,1-2H3,(H,15,16)/t11-,12+/m1/s1. The predicted molar refractivity (Wildman–Crippen MR) is 74.2 cm³/mol. The Kier molecular flexibility index (Phi) is 2.93. The molecule has 1 fully saturated rings. The van der Waals surface area contributed by atoms with Crippen LogP contribution in [0.5, 0.6) is 0 Å². The van der Waals surface area contributed by atoms with Crippen LogP contribution >= 0.6 is 0 Å². The highest BCUT2D eigenvalue weighted by Gasteiger charge is 2.46. The van der Waals surface area contributed by atoms with Crippen molar-refractivity contribution < 1.29 is 9.59 Å². The van der Waals surface area contributed by atoms with Gasteiger partial charge in [0.05, 0.1) is 0 Å². The Morgan fingerprint density at radius 2 is 1.90 bits per heavy atom. The molecule has 0 bridgehead atoms. The number of imide groups is 1. The van der Waals surface area contributed by atoms with Crippen molar-refractivity contribution in [1.82, 2.24) is 15.1 Å². The Morgan fingerprint density at radius 3 is 2.60 bits per heavy atom. The topological polar surface area (TPSA) is 65.0 Å². The van der Waals surface area contributed by atoms with E-state index in [1.165, 1.54) is 11.9 Å². The number of aliphatic imine (C=N–C) groups is 1. The number of urea groups is 1. The second kappa shape index (κ2) is 4.63. The van der Waals surface area contributed by atoms with E-state index in [0.717, 1.165) is 16.3 Å². The van der Waals surface area contributed by atoms with Gasteiger partial charge in [-0.25, -0.2) is 9.79 Å². The number of carbonyl (C=O) groups is 2. The number of hydrogen-bond acceptors (Lipinski definition) is 4. The van der Waals surface area contributed by atoms with E-state index >= 15 is 0 Å². The van der Waals surface area contributed by atoms with Gasteiger partial charge in [-0.15, -0.1) is 0 Å². The van der Waals surface area contributed by atoms with Gasteiger partial charge in [-0.05, 0) is 5.56 Å². The number of carbonyl (C=O) groups excluding carboxylic acids is 2. The van der Waals surface area contributed by atoms with E-state index in [-0.39, 0.29) is 11.9 Å². The Morgan fingerprint density at radius 1 is 1.20 bits per heavy atom. The molecule has 104 valence electrons. The Balaban J connectivity index is 1.81. The molecule has 1 aromatic rings. The van der Waals surface area contributed by atoms with Crippen molar-refractivity contribution >= 4 is 17.8 Å². The Labute approximate surface area is 117 Å². The third-order valence-corrected chi connectivity index (χ3v) is 3.70. The molecule has 1 saturated heterocycles. The number of nitrogens with zero attached hydrogens (tertiary/aromatic N) is 3. The molecule has 0 spiro atoms. The zero-order chi connectivity index (χ0) is 14.3. The van der Waals surface area contributed by atoms with Gasteiger partial charge in [-0.3, -0.25) is 9.69 Å². The molecular weight excluding hydrogens is 256 g/mol. The first-order valence-corrected chi connectivity index (χ1v) is 6.49. The minimum absolute atomic E-state index is 0.232. The summed E-state index contributed by atoms with van der Waals surface area (Å²) in [5.74, 6) is 0.513. The van der Waals surface area contributed by atoms with Crippen LogP contribution in [-0.4, -0.2) is 53.9 Å². The predicted octanol–water partition coefficient (Wildman–Crippen LogP) is 0.449. The van der Waals surface area contributed by atoms with Crippen LogP contribution in [0.2, 0.25) is 0 Å². The Hall–Kier alpha value is -2.37. The molecule has 3 amide bonds. The van der Waals surface area contributed by atoms with Gasteiger partial charge in [-0.1, -0.05) is 30.3 Å². The smallest absolute Gasteiger partial charge is 0.328 e. The van der Waals surface area contributed by atoms with Gasteiger partial charge < -0.3 is 10.2 Å². The van der Waals surface area contributed by atoms with E-state index < -0.39 is 12.2 Å². The molecule has 1 N–H and O–H groups in total. The number of fused-ring (bicyclic) bond motifs is 1. The summed E-state index contributed by atoms with van der Waals surface area (Å²) in [7, 11) is 3.16. The molecule has 0 aliphatic carbocycles. The van der Waals surface area contributed by atoms with Crippen molar-refractivity contribution in [1.29, 1.82) is 0 Å². The van der Waals surface area contributed by atoms with Crippen LogP contribution in [0.3, 0.4) is 0 Å². The molecule has 0 aromatic heterocycles. The fraction of sp³-hybridized carbons (Fsp3) is 0.357. The number of amidine groups is 1. The van der Waals surface area contributed by atoms with Gasteiger partial charge in [0.2, 0.25) is 0 Å². The van der Waals surface area contributed by atoms with Gasteiger partial charge in [0, 0.05) is 20.5 Å². The van der Waals surface area contributed by atoms with Crippen LogP contribution in [0.1, 0.15) is 5.56 Å². The summed E-state index contributed by atoms with van der Waals surface area (Å²) in [4.78, 5) is 31.1. The summed E-state index contributed by atoms with van der Waals surface area (Å²) in [6, 6.07) is 9.12. The van der Waals surface area contributed by atoms with E-state index in [1.54, 1.807) is 7.05 Å². The second-order valence-corrected chi connectivity index (χ2v) is 5.06. The van der Waals surface area contributed by atoms with Gasteiger partial charge in [0.25, 0.3) is 5.91 Å². The average molecular weight is 272 g/mol. The van der Waals surface area contributed by atoms with E-state index in [4.69, 9.17) is 0 Å². The number of nitrogens with one attached hydrogen (secondary N) is 1. The lowest BCUT2D eigenvalue weighted by Crippen LogP contribution is -2.63. The quantitative estimate of drug-likeness (QED) is 0.850. The lowest BCUT2D eigenvalue weighted by Gasteiger charge is -2.36. The molecule has 20 heavy (non-hydrogen) atoms. The minimum atomic E-state index is -0.471. The zero-order valence-electron chi connectivity index (χ0n) is 11.4. The maximum Gasteiger partial charge on any atom is 0.328 e. The highest BCUT2D eigenvalue weighted by molar-refractivity contribution is 6.04. The van der Waals surface area contributed by atoms with Crippen LogP contribution < -0.4 is 5.32 Å². The molecule has 6 nitrogen and oxygen atoms in total. The summed E-state index contributed by atoms with van der Waals surface area (Å²) >= 11 is 0. The van der Waals surface area contributed by atoms with Gasteiger partial charge in [0.15, 0.2) is 6.17 Å². The third-order valence-electron chi connectivity index (χ3n) is 3.70. The molecule has 0 saturated carbocycles. The Bertz CT molecular complexity index is 584. The fourth-order valence-electron chi connectivity index (χ4n) is 2.56. The van der Waals surface area contributed by atoms with Crippen LogP contribution in [0, 0.1) is 0 Å². The first-order chi connectivity index (χ1) is 9.58. The summed E-state index contributed by atoms with van der Waals surface area (Å²) in [5, 5.41) is 3.14. The molecule has 6 heteroatoms. The first-order valence-electron chi connectivity index (χ1n) is 6.49. The van der Waals surface area contributed by atoms with Crippen LogP contribution in [-0.2, 0) is 11.2 Å². The van der Waals surface area contributed by atoms with Crippen molar-refractivity contribution in [3.05, 3.63) is 35.9 Å². The van der Waals surface area contributed by atoms with Gasteiger partial charge in [-0.2, -0.15) is 0 Å². The van der Waals surface area contributed by atoms with E-state index in [9.17, 15) is 9.59 Å². The van der Waals surface area contributed by atoms with Crippen molar-refractivity contribution in [2.75, 3.05) is 14.1 Å². The molecular formula is C14H16N4O2. The zero-order valence-corrected chi connectivity index (χ0v) is 11.4. The van der Waals surface area contributed by atoms with E-state index in [0.29, 0.717) is 6.42 Å². The van der Waals surface area contributed by atoms with Crippen LogP contribution in [0.15, 0.2) is 35.3 Å². The van der Waals surface area contributed by atoms with Crippen molar-refractivity contribution in [3.8, 4) is 0 Å². The second-order valence-electron chi connectivity index (χ2n) is 5.06. The normalized spacial score (nSPS) is 25.4. The van der Waals surface area contributed by atoms with Crippen LogP contribution in [0.25, 0.3) is 0 Å². The summed E-state index contributed by atoms with van der Waals surface area (Å²) in [6.45, 7) is 0. The highest BCUT2D eigenvalue weighted by atomic mass is 16.2. The molecule has 0 radical (unpaired) electrons. The van der Waals surface area contributed by atoms with Crippen LogP contribution in [0.4, 0.5) is 4.79 Å². The van der Waals surface area contributed by atoms with Crippen molar-refractivity contribution in [2.45, 2.75) is 18.6 Å². The molecule has 1 aromatic carbocycles. The van der Waals surface area contributed by atoms with E-state index in [1.807, 2.05) is 30.3 Å². The minimum Gasteiger partial charge on any atom is -0.359 e. The monoisotopic (exact) mass is 272 g/mol. The molecule has 2 aliphatic rings. The SMILES string of the molecule is CN1C(=O)[C@@H]2NC(Cc3ccccc3)=N[C@H]2N(C)C1=O. The average Bonchev–Trinajstić information content (AvgIpc) is 2.88. The first kappa shape index (κ1) is 12.7. The van der Waals surface area contributed by atoms with Crippen molar-refractivity contribution in [2.24, 2.45) is 4.99 Å². The fourth-order valence-corrected chi connectivity index (χ4v) is 2.56. The van der Waals surface area contributed by atoms with Crippen molar-refractivity contribution in [3.63, 3.8) is 0 Å². The number of likely N-dealkylation sites (N-methyl/N-ethyl adjacent to an activating group) is 2. The summed E-state index contributed by atoms with van der Waals surface area (Å²) in [6.07, 6.45) is 0.192. The number of hydrogen-bond donors (Lipinski definition) is 1. The summed E-state index contributed by atoms with van der Waals surface area (Å²) in [5.41, 5.74) is 1.12. The van der Waals surface area contributed by atoms with Gasteiger partial charge >= 0.3 is 6.03 Å². The third kappa shape index (κ3) is 1.93. The number of rotatable bonds is 2. The largest absolute Gasteiger partial charge is 0.359 e. The molecule has 2 heterocycles. The maximum atomic E-state index is 12.1. The number of benzene rings is 1. The van der Waals surface area contributed by atoms with Gasteiger partial charge in [0.1, 0.15) is 11.9 Å². The highest BCUT2D eigenvalue weighted by Crippen LogP contribution is 2.21. The van der Waals surface area contributed by atoms with E-state index in [2.05, 4.69) is 10.3 Å². The summed E-state index contributed by atoms with van der Waals surface area (Å²) < 4.78 is 0. The number of amides is 3. The molecule has 2 atom stereocenters. The molecule has 0 unspecified atom stereocenters.